The Morgan fingerprint density at radius 2 is 2.00 bits per heavy atom. The summed E-state index contributed by atoms with van der Waals surface area (Å²) in [6.07, 6.45) is 5.84. The van der Waals surface area contributed by atoms with E-state index >= 15 is 0 Å². The molecule has 0 unspecified atom stereocenters. The molecule has 0 aliphatic heterocycles. The molecule has 0 bridgehead atoms. The summed E-state index contributed by atoms with van der Waals surface area (Å²) >= 11 is 0. The van der Waals surface area contributed by atoms with Crippen LogP contribution in [0.25, 0.3) is 6.08 Å². The van der Waals surface area contributed by atoms with Crippen LogP contribution in [-0.2, 0) is 6.54 Å². The van der Waals surface area contributed by atoms with Gasteiger partial charge >= 0.3 is 0 Å². The maximum absolute atomic E-state index is 9.24. The van der Waals surface area contributed by atoms with Crippen LogP contribution in [0.4, 0.5) is 0 Å². The fourth-order valence-corrected chi connectivity index (χ4v) is 2.34. The third-order valence-electron chi connectivity index (χ3n) is 3.23. The van der Waals surface area contributed by atoms with Crippen molar-refractivity contribution in [2.75, 3.05) is 19.7 Å². The van der Waals surface area contributed by atoms with Crippen LogP contribution in [0.2, 0.25) is 0 Å². The van der Waals surface area contributed by atoms with Gasteiger partial charge in [-0.25, -0.2) is 0 Å². The summed E-state index contributed by atoms with van der Waals surface area (Å²) in [7, 11) is 0. The van der Waals surface area contributed by atoms with Gasteiger partial charge in [-0.15, -0.1) is 0 Å². The molecular formula is C18H22N2O. The van der Waals surface area contributed by atoms with Crippen LogP contribution in [0.15, 0.2) is 60.4 Å². The zero-order valence-electron chi connectivity index (χ0n) is 12.4. The number of aliphatic hydroxyl groups is 1. The molecule has 0 aliphatic carbocycles. The minimum Gasteiger partial charge on any atom is -0.395 e. The molecule has 21 heavy (non-hydrogen) atoms. The van der Waals surface area contributed by atoms with E-state index in [0.29, 0.717) is 6.54 Å². The van der Waals surface area contributed by atoms with Crippen molar-refractivity contribution in [2.45, 2.75) is 13.5 Å². The van der Waals surface area contributed by atoms with Crippen molar-refractivity contribution in [3.8, 4) is 0 Å². The number of aromatic nitrogens is 1. The highest BCUT2D eigenvalue weighted by molar-refractivity contribution is 5.52. The first-order valence-corrected chi connectivity index (χ1v) is 7.22. The van der Waals surface area contributed by atoms with Crippen LogP contribution >= 0.6 is 0 Å². The van der Waals surface area contributed by atoms with Gasteiger partial charge in [0.05, 0.1) is 6.61 Å². The van der Waals surface area contributed by atoms with Crippen molar-refractivity contribution >= 4 is 6.08 Å². The van der Waals surface area contributed by atoms with Gasteiger partial charge in [0.15, 0.2) is 0 Å². The van der Waals surface area contributed by atoms with Crippen LogP contribution < -0.4 is 0 Å². The zero-order valence-corrected chi connectivity index (χ0v) is 12.4. The second kappa shape index (κ2) is 8.35. The van der Waals surface area contributed by atoms with E-state index in [4.69, 9.17) is 0 Å². The van der Waals surface area contributed by atoms with Gasteiger partial charge in [0.2, 0.25) is 0 Å². The molecule has 1 N–H and O–H groups in total. The smallest absolute Gasteiger partial charge is 0.0558 e. The second-order valence-electron chi connectivity index (χ2n) is 5.20. The molecule has 1 heterocycles. The van der Waals surface area contributed by atoms with Gasteiger partial charge in [-0.3, -0.25) is 9.88 Å². The number of benzene rings is 1. The molecule has 0 spiro atoms. The van der Waals surface area contributed by atoms with Crippen LogP contribution in [0.5, 0.6) is 0 Å². The molecule has 1 aromatic heterocycles. The molecule has 3 heteroatoms. The van der Waals surface area contributed by atoms with Gasteiger partial charge in [-0.05, 0) is 24.1 Å². The SMILES string of the molecule is C/C(=C/c1ccccc1)CN(CCO)Cc1cccnc1. The quantitative estimate of drug-likeness (QED) is 0.848. The van der Waals surface area contributed by atoms with Gasteiger partial charge in [0.25, 0.3) is 0 Å². The minimum absolute atomic E-state index is 0.166. The van der Waals surface area contributed by atoms with Gasteiger partial charge < -0.3 is 5.11 Å². The molecule has 0 saturated heterocycles. The van der Waals surface area contributed by atoms with Crippen molar-refractivity contribution < 1.29 is 5.11 Å². The Balaban J connectivity index is 2.00. The highest BCUT2D eigenvalue weighted by atomic mass is 16.3. The van der Waals surface area contributed by atoms with Crippen molar-refractivity contribution in [1.82, 2.24) is 9.88 Å². The molecule has 2 aromatic rings. The number of nitrogens with zero attached hydrogens (tertiary/aromatic N) is 2. The van der Waals surface area contributed by atoms with E-state index < -0.39 is 0 Å². The average molecular weight is 282 g/mol. The summed E-state index contributed by atoms with van der Waals surface area (Å²) in [5, 5.41) is 9.24. The van der Waals surface area contributed by atoms with Crippen molar-refractivity contribution in [3.63, 3.8) is 0 Å². The van der Waals surface area contributed by atoms with Gasteiger partial charge in [0.1, 0.15) is 0 Å². The topological polar surface area (TPSA) is 36.4 Å². The first kappa shape index (κ1) is 15.4. The Bertz CT molecular complexity index is 552. The van der Waals surface area contributed by atoms with E-state index in [0.717, 1.165) is 13.1 Å². The summed E-state index contributed by atoms with van der Waals surface area (Å²) in [6, 6.07) is 14.3. The maximum atomic E-state index is 9.24. The van der Waals surface area contributed by atoms with Crippen molar-refractivity contribution in [2.24, 2.45) is 0 Å². The Morgan fingerprint density at radius 3 is 2.67 bits per heavy atom. The van der Waals surface area contributed by atoms with E-state index in [-0.39, 0.29) is 6.61 Å². The molecule has 1 aromatic carbocycles. The van der Waals surface area contributed by atoms with Crippen LogP contribution in [0.3, 0.4) is 0 Å². The van der Waals surface area contributed by atoms with Gasteiger partial charge in [0, 0.05) is 32.0 Å². The Morgan fingerprint density at radius 1 is 1.19 bits per heavy atom. The second-order valence-corrected chi connectivity index (χ2v) is 5.20. The molecular weight excluding hydrogens is 260 g/mol. The number of hydrogen-bond acceptors (Lipinski definition) is 3. The molecule has 0 atom stereocenters. The third kappa shape index (κ3) is 5.50. The first-order chi connectivity index (χ1) is 10.3. The standard InChI is InChI=1S/C18H22N2O/c1-16(12-17-6-3-2-4-7-17)14-20(10-11-21)15-18-8-5-9-19-13-18/h2-9,12-13,21H,10-11,14-15H2,1H3/b16-12-. The normalized spacial score (nSPS) is 11.9. The van der Waals surface area contributed by atoms with E-state index in [2.05, 4.69) is 41.1 Å². The fourth-order valence-electron chi connectivity index (χ4n) is 2.34. The monoisotopic (exact) mass is 282 g/mol. The van der Waals surface area contributed by atoms with E-state index in [1.807, 2.05) is 30.5 Å². The predicted octanol–water partition coefficient (Wildman–Crippen LogP) is 2.98. The van der Waals surface area contributed by atoms with Crippen LogP contribution in [-0.4, -0.2) is 34.7 Å². The third-order valence-corrected chi connectivity index (χ3v) is 3.23. The van der Waals surface area contributed by atoms with Gasteiger partial charge in [-0.1, -0.05) is 48.0 Å². The molecule has 0 radical (unpaired) electrons. The molecule has 0 amide bonds. The Kier molecular flexibility index (Phi) is 6.13. The van der Waals surface area contributed by atoms with E-state index in [9.17, 15) is 5.11 Å². The number of pyridine rings is 1. The maximum Gasteiger partial charge on any atom is 0.0558 e. The largest absolute Gasteiger partial charge is 0.395 e. The Hall–Kier alpha value is -1.97. The van der Waals surface area contributed by atoms with E-state index in [1.165, 1.54) is 16.7 Å². The summed E-state index contributed by atoms with van der Waals surface area (Å²) in [5.74, 6) is 0. The lowest BCUT2D eigenvalue weighted by Gasteiger charge is -2.21. The molecule has 0 fully saturated rings. The Labute approximate surface area is 126 Å². The summed E-state index contributed by atoms with van der Waals surface area (Å²) in [5.41, 5.74) is 3.65. The van der Waals surface area contributed by atoms with Crippen molar-refractivity contribution in [1.29, 1.82) is 0 Å². The van der Waals surface area contributed by atoms with Gasteiger partial charge in [-0.2, -0.15) is 0 Å². The lowest BCUT2D eigenvalue weighted by atomic mass is 10.1. The lowest BCUT2D eigenvalue weighted by Crippen LogP contribution is -2.28. The summed E-state index contributed by atoms with van der Waals surface area (Å²) < 4.78 is 0. The molecule has 3 nitrogen and oxygen atoms in total. The lowest BCUT2D eigenvalue weighted by molar-refractivity contribution is 0.201. The highest BCUT2D eigenvalue weighted by Crippen LogP contribution is 2.10. The molecule has 0 saturated carbocycles. The van der Waals surface area contributed by atoms with Crippen LogP contribution in [0.1, 0.15) is 18.1 Å². The predicted molar refractivity (Wildman–Crippen MR) is 86.7 cm³/mol. The number of hydrogen-bond donors (Lipinski definition) is 1. The number of aliphatic hydroxyl groups excluding tert-OH is 1. The first-order valence-electron chi connectivity index (χ1n) is 7.22. The fraction of sp³-hybridized carbons (Fsp3) is 0.278. The van der Waals surface area contributed by atoms with Crippen LogP contribution in [0, 0.1) is 0 Å². The number of rotatable bonds is 7. The molecule has 2 rings (SSSR count). The summed E-state index contributed by atoms with van der Waals surface area (Å²) in [6.45, 7) is 4.59. The average Bonchev–Trinajstić information content (AvgIpc) is 2.49. The zero-order chi connectivity index (χ0) is 14.9. The summed E-state index contributed by atoms with van der Waals surface area (Å²) in [4.78, 5) is 6.37. The molecule has 0 aliphatic rings. The minimum atomic E-state index is 0.166. The van der Waals surface area contributed by atoms with E-state index in [1.54, 1.807) is 6.20 Å². The highest BCUT2D eigenvalue weighted by Gasteiger charge is 2.06. The molecule has 110 valence electrons. The van der Waals surface area contributed by atoms with Crippen molar-refractivity contribution in [3.05, 3.63) is 71.6 Å².